The molecule has 90 valence electrons. The molecule has 2 rings (SSSR count). The van der Waals surface area contributed by atoms with E-state index in [0.29, 0.717) is 26.2 Å². The lowest BCUT2D eigenvalue weighted by atomic mass is 10.2. The molecule has 6 nitrogen and oxygen atoms in total. The summed E-state index contributed by atoms with van der Waals surface area (Å²) in [6.07, 6.45) is 0. The molecule has 0 radical (unpaired) electrons. The average molecular weight is 226 g/mol. The fourth-order valence-electron chi connectivity index (χ4n) is 2.13. The predicted octanol–water partition coefficient (Wildman–Crippen LogP) is -0.186. The zero-order chi connectivity index (χ0) is 11.7. The number of nitrogens with one attached hydrogen (secondary N) is 2. The lowest BCUT2D eigenvalue weighted by molar-refractivity contribution is 0.128. The van der Waals surface area contributed by atoms with E-state index in [2.05, 4.69) is 10.6 Å². The highest BCUT2D eigenvalue weighted by atomic mass is 16.2. The van der Waals surface area contributed by atoms with E-state index < -0.39 is 0 Å². The molecule has 2 fully saturated rings. The summed E-state index contributed by atoms with van der Waals surface area (Å²) in [7, 11) is 0. The fourth-order valence-corrected chi connectivity index (χ4v) is 2.13. The molecule has 16 heavy (non-hydrogen) atoms. The number of urea groups is 2. The van der Waals surface area contributed by atoms with Gasteiger partial charge in [0.05, 0.1) is 6.04 Å². The SMILES string of the molecule is CC(C)NC(=O)N1CCN2C(=O)NC[C@H]2C1. The topological polar surface area (TPSA) is 64.7 Å². The third kappa shape index (κ3) is 2.05. The van der Waals surface area contributed by atoms with Crippen molar-refractivity contribution in [1.29, 1.82) is 0 Å². The van der Waals surface area contributed by atoms with Crippen molar-refractivity contribution in [3.8, 4) is 0 Å². The van der Waals surface area contributed by atoms with E-state index in [-0.39, 0.29) is 24.1 Å². The van der Waals surface area contributed by atoms with Crippen LogP contribution in [-0.2, 0) is 0 Å². The van der Waals surface area contributed by atoms with Gasteiger partial charge in [0, 0.05) is 32.2 Å². The molecule has 4 amide bonds. The Morgan fingerprint density at radius 3 is 2.94 bits per heavy atom. The average Bonchev–Trinajstić information content (AvgIpc) is 2.59. The highest BCUT2D eigenvalue weighted by molar-refractivity contribution is 5.78. The van der Waals surface area contributed by atoms with E-state index in [1.165, 1.54) is 0 Å². The van der Waals surface area contributed by atoms with Crippen molar-refractivity contribution in [3.63, 3.8) is 0 Å². The van der Waals surface area contributed by atoms with E-state index in [1.807, 2.05) is 13.8 Å². The monoisotopic (exact) mass is 226 g/mol. The van der Waals surface area contributed by atoms with Gasteiger partial charge in [0.25, 0.3) is 0 Å². The van der Waals surface area contributed by atoms with Crippen molar-refractivity contribution in [2.24, 2.45) is 0 Å². The minimum Gasteiger partial charge on any atom is -0.336 e. The lowest BCUT2D eigenvalue weighted by Crippen LogP contribution is -2.56. The minimum atomic E-state index is -0.0333. The van der Waals surface area contributed by atoms with Gasteiger partial charge in [-0.05, 0) is 13.8 Å². The number of carbonyl (C=O) groups is 2. The molecule has 2 aliphatic heterocycles. The predicted molar refractivity (Wildman–Crippen MR) is 59.1 cm³/mol. The van der Waals surface area contributed by atoms with Crippen LogP contribution in [0.2, 0.25) is 0 Å². The van der Waals surface area contributed by atoms with Gasteiger partial charge in [-0.1, -0.05) is 0 Å². The Morgan fingerprint density at radius 2 is 2.25 bits per heavy atom. The largest absolute Gasteiger partial charge is 0.336 e. The van der Waals surface area contributed by atoms with Crippen LogP contribution in [0.25, 0.3) is 0 Å². The van der Waals surface area contributed by atoms with Gasteiger partial charge in [0.15, 0.2) is 0 Å². The van der Waals surface area contributed by atoms with E-state index >= 15 is 0 Å². The Hall–Kier alpha value is -1.46. The Kier molecular flexibility index (Phi) is 2.89. The molecule has 2 saturated heterocycles. The molecule has 2 aliphatic rings. The molecular weight excluding hydrogens is 208 g/mol. The summed E-state index contributed by atoms with van der Waals surface area (Å²) in [6.45, 7) is 6.38. The number of nitrogens with zero attached hydrogens (tertiary/aromatic N) is 2. The first-order valence-electron chi connectivity index (χ1n) is 5.68. The van der Waals surface area contributed by atoms with Gasteiger partial charge in [-0.3, -0.25) is 0 Å². The number of rotatable bonds is 1. The maximum Gasteiger partial charge on any atom is 0.317 e. The summed E-state index contributed by atoms with van der Waals surface area (Å²) < 4.78 is 0. The van der Waals surface area contributed by atoms with Crippen molar-refractivity contribution >= 4 is 12.1 Å². The molecule has 0 unspecified atom stereocenters. The molecule has 0 aromatic rings. The number of fused-ring (bicyclic) bond motifs is 1. The molecule has 0 aliphatic carbocycles. The molecule has 0 spiro atoms. The number of hydrogen-bond donors (Lipinski definition) is 2. The summed E-state index contributed by atoms with van der Waals surface area (Å²) in [5.41, 5.74) is 0. The second-order valence-electron chi connectivity index (χ2n) is 4.58. The van der Waals surface area contributed by atoms with Crippen LogP contribution in [0, 0.1) is 0 Å². The van der Waals surface area contributed by atoms with E-state index in [0.717, 1.165) is 0 Å². The van der Waals surface area contributed by atoms with Gasteiger partial charge in [0.2, 0.25) is 0 Å². The first kappa shape index (κ1) is 11.0. The lowest BCUT2D eigenvalue weighted by Gasteiger charge is -2.36. The summed E-state index contributed by atoms with van der Waals surface area (Å²) in [6, 6.07) is 0.246. The Labute approximate surface area is 95.0 Å². The van der Waals surface area contributed by atoms with Crippen LogP contribution >= 0.6 is 0 Å². The molecule has 6 heteroatoms. The Morgan fingerprint density at radius 1 is 1.50 bits per heavy atom. The van der Waals surface area contributed by atoms with Gasteiger partial charge < -0.3 is 20.4 Å². The Bertz CT molecular complexity index is 305. The van der Waals surface area contributed by atoms with Crippen molar-refractivity contribution in [2.75, 3.05) is 26.2 Å². The molecule has 1 atom stereocenters. The van der Waals surface area contributed by atoms with Crippen molar-refractivity contribution in [1.82, 2.24) is 20.4 Å². The van der Waals surface area contributed by atoms with Crippen LogP contribution in [0.5, 0.6) is 0 Å². The zero-order valence-electron chi connectivity index (χ0n) is 9.69. The molecule has 2 N–H and O–H groups in total. The van der Waals surface area contributed by atoms with Crippen LogP contribution in [-0.4, -0.2) is 60.1 Å². The van der Waals surface area contributed by atoms with Crippen molar-refractivity contribution < 1.29 is 9.59 Å². The third-order valence-corrected chi connectivity index (χ3v) is 2.93. The van der Waals surface area contributed by atoms with Gasteiger partial charge >= 0.3 is 12.1 Å². The van der Waals surface area contributed by atoms with E-state index in [4.69, 9.17) is 0 Å². The first-order valence-corrected chi connectivity index (χ1v) is 5.68. The van der Waals surface area contributed by atoms with E-state index in [9.17, 15) is 9.59 Å². The van der Waals surface area contributed by atoms with Crippen LogP contribution in [0.3, 0.4) is 0 Å². The summed E-state index contributed by atoms with van der Waals surface area (Å²) in [5, 5.41) is 5.66. The van der Waals surface area contributed by atoms with E-state index in [1.54, 1.807) is 9.80 Å². The highest BCUT2D eigenvalue weighted by Gasteiger charge is 2.36. The number of hydrogen-bond acceptors (Lipinski definition) is 2. The molecule has 0 saturated carbocycles. The molecule has 0 aromatic heterocycles. The van der Waals surface area contributed by atoms with Gasteiger partial charge in [-0.25, -0.2) is 9.59 Å². The van der Waals surface area contributed by atoms with Crippen LogP contribution in [0.15, 0.2) is 0 Å². The summed E-state index contributed by atoms with van der Waals surface area (Å²) in [5.74, 6) is 0. The number of amides is 4. The first-order chi connectivity index (χ1) is 7.58. The molecular formula is C10H18N4O2. The van der Waals surface area contributed by atoms with Crippen LogP contribution < -0.4 is 10.6 Å². The Balaban J connectivity index is 1.91. The highest BCUT2D eigenvalue weighted by Crippen LogP contribution is 2.14. The van der Waals surface area contributed by atoms with Crippen LogP contribution in [0.4, 0.5) is 9.59 Å². The van der Waals surface area contributed by atoms with Crippen LogP contribution in [0.1, 0.15) is 13.8 Å². The second-order valence-corrected chi connectivity index (χ2v) is 4.58. The summed E-state index contributed by atoms with van der Waals surface area (Å²) >= 11 is 0. The number of carbonyl (C=O) groups excluding carboxylic acids is 2. The maximum absolute atomic E-state index is 11.8. The van der Waals surface area contributed by atoms with Crippen molar-refractivity contribution in [2.45, 2.75) is 25.9 Å². The standard InChI is InChI=1S/C10H18N4O2/c1-7(2)12-10(16)13-3-4-14-8(6-13)5-11-9(14)15/h7-8H,3-6H2,1-2H3,(H,11,15)(H,12,16)/t8-/m0/s1. The zero-order valence-corrected chi connectivity index (χ0v) is 9.69. The normalized spacial score (nSPS) is 24.4. The van der Waals surface area contributed by atoms with Gasteiger partial charge in [0.1, 0.15) is 0 Å². The van der Waals surface area contributed by atoms with Gasteiger partial charge in [-0.2, -0.15) is 0 Å². The smallest absolute Gasteiger partial charge is 0.317 e. The van der Waals surface area contributed by atoms with Gasteiger partial charge in [-0.15, -0.1) is 0 Å². The number of piperazine rings is 1. The summed E-state index contributed by atoms with van der Waals surface area (Å²) in [4.78, 5) is 26.7. The molecule has 0 aromatic carbocycles. The fraction of sp³-hybridized carbons (Fsp3) is 0.800. The molecule has 2 heterocycles. The molecule has 0 bridgehead atoms. The second kappa shape index (κ2) is 4.19. The van der Waals surface area contributed by atoms with Crippen molar-refractivity contribution in [3.05, 3.63) is 0 Å². The quantitative estimate of drug-likeness (QED) is 0.651. The maximum atomic E-state index is 11.8. The third-order valence-electron chi connectivity index (χ3n) is 2.93. The minimum absolute atomic E-state index is 0.00563.